The Hall–Kier alpha value is -1.27. The Morgan fingerprint density at radius 2 is 2.00 bits per heavy atom. The molecule has 11 heteroatoms. The van der Waals surface area contributed by atoms with E-state index in [1.807, 2.05) is 13.8 Å². The van der Waals surface area contributed by atoms with Gasteiger partial charge >= 0.3 is 0 Å². The van der Waals surface area contributed by atoms with Crippen LogP contribution in [0.4, 0.5) is 17.5 Å². The van der Waals surface area contributed by atoms with Crippen molar-refractivity contribution in [2.75, 3.05) is 17.2 Å². The number of aliphatic hydroxyl groups is 1. The van der Waals surface area contributed by atoms with E-state index in [-0.39, 0.29) is 17.5 Å². The highest BCUT2D eigenvalue weighted by molar-refractivity contribution is 9.10. The zero-order valence-corrected chi connectivity index (χ0v) is 18.1. The molecule has 1 aromatic carbocycles. The van der Waals surface area contributed by atoms with Crippen LogP contribution in [0, 0.1) is 0 Å². The number of nitrogens with zero attached hydrogens (tertiary/aromatic N) is 2. The van der Waals surface area contributed by atoms with Gasteiger partial charge in [0.25, 0.3) is 0 Å². The lowest BCUT2D eigenvalue weighted by molar-refractivity contribution is 0.281. The largest absolute Gasteiger partial charge is 0.394 e. The number of nitrogens with two attached hydrogens (primary N) is 1. The van der Waals surface area contributed by atoms with Crippen LogP contribution in [0.5, 0.6) is 0 Å². The highest BCUT2D eigenvalue weighted by Crippen LogP contribution is 2.31. The predicted molar refractivity (Wildman–Crippen MR) is 108 cm³/mol. The van der Waals surface area contributed by atoms with Crippen molar-refractivity contribution >= 4 is 59.3 Å². The molecule has 0 aliphatic heterocycles. The molecule has 2 rings (SSSR count). The summed E-state index contributed by atoms with van der Waals surface area (Å²) in [7, 11) is -3.84. The van der Waals surface area contributed by atoms with Crippen LogP contribution in [0.3, 0.4) is 0 Å². The van der Waals surface area contributed by atoms with Gasteiger partial charge in [0.15, 0.2) is 0 Å². The van der Waals surface area contributed by atoms with Crippen LogP contribution in [0.15, 0.2) is 32.2 Å². The van der Waals surface area contributed by atoms with Crippen molar-refractivity contribution in [3.63, 3.8) is 0 Å². The molecule has 0 fully saturated rings. The molecule has 0 amide bonds. The predicted octanol–water partition coefficient (Wildman–Crippen LogP) is 2.75. The standard InChI is InChI=1S/C15H19Br2N5O3S/c1-3-9-4-10(5-11(16)13(9)26(18,24)25)21-15-19-6-12(17)14(22-15)20-8(2)7-23/h4-6,8,23H,3,7H2,1-2H3,(H2,18,24,25)(H2,19,20,21,22)/t8-/m1/s1. The molecular formula is C15H19Br2N5O3S. The van der Waals surface area contributed by atoms with Crippen LogP contribution in [0.1, 0.15) is 19.4 Å². The lowest BCUT2D eigenvalue weighted by Gasteiger charge is -2.15. The Morgan fingerprint density at radius 1 is 1.31 bits per heavy atom. The van der Waals surface area contributed by atoms with Gasteiger partial charge in [-0.15, -0.1) is 0 Å². The minimum absolute atomic E-state index is 0.0406. The molecule has 0 aliphatic carbocycles. The molecule has 0 radical (unpaired) electrons. The van der Waals surface area contributed by atoms with Gasteiger partial charge in [0, 0.05) is 22.4 Å². The van der Waals surface area contributed by atoms with E-state index < -0.39 is 10.0 Å². The Labute approximate surface area is 168 Å². The lowest BCUT2D eigenvalue weighted by Crippen LogP contribution is -2.20. The van der Waals surface area contributed by atoms with Crippen molar-refractivity contribution in [2.24, 2.45) is 5.14 Å². The minimum Gasteiger partial charge on any atom is -0.394 e. The third-order valence-electron chi connectivity index (χ3n) is 3.44. The maximum Gasteiger partial charge on any atom is 0.239 e. The quantitative estimate of drug-likeness (QED) is 0.452. The summed E-state index contributed by atoms with van der Waals surface area (Å²) in [5.74, 6) is 0.845. The zero-order valence-electron chi connectivity index (χ0n) is 14.1. The smallest absolute Gasteiger partial charge is 0.239 e. The summed E-state index contributed by atoms with van der Waals surface area (Å²) < 4.78 is 24.6. The normalized spacial score (nSPS) is 12.7. The fourth-order valence-electron chi connectivity index (χ4n) is 2.24. The van der Waals surface area contributed by atoms with E-state index in [2.05, 4.69) is 52.5 Å². The molecule has 0 saturated heterocycles. The van der Waals surface area contributed by atoms with Gasteiger partial charge < -0.3 is 15.7 Å². The number of primary sulfonamides is 1. The number of aryl methyl sites for hydroxylation is 1. The topological polar surface area (TPSA) is 130 Å². The van der Waals surface area contributed by atoms with Crippen LogP contribution < -0.4 is 15.8 Å². The maximum absolute atomic E-state index is 11.8. The third-order valence-corrected chi connectivity index (χ3v) is 5.96. The van der Waals surface area contributed by atoms with Crippen molar-refractivity contribution in [1.29, 1.82) is 0 Å². The van der Waals surface area contributed by atoms with Gasteiger partial charge in [-0.1, -0.05) is 6.92 Å². The molecule has 1 heterocycles. The van der Waals surface area contributed by atoms with Crippen LogP contribution in [0.25, 0.3) is 0 Å². The van der Waals surface area contributed by atoms with Gasteiger partial charge in [-0.3, -0.25) is 0 Å². The number of halogens is 2. The average molecular weight is 509 g/mol. The minimum atomic E-state index is -3.84. The first kappa shape index (κ1) is 21.0. The molecule has 1 aromatic heterocycles. The van der Waals surface area contributed by atoms with E-state index in [9.17, 15) is 13.5 Å². The van der Waals surface area contributed by atoms with Gasteiger partial charge in [0.2, 0.25) is 16.0 Å². The number of hydrogen-bond donors (Lipinski definition) is 4. The molecule has 142 valence electrons. The molecular weight excluding hydrogens is 490 g/mol. The second-order valence-corrected chi connectivity index (χ2v) is 8.79. The maximum atomic E-state index is 11.8. The number of aromatic nitrogens is 2. The first-order chi connectivity index (χ1) is 12.2. The van der Waals surface area contributed by atoms with Gasteiger partial charge in [0.05, 0.1) is 16.0 Å². The number of anilines is 3. The number of nitrogens with one attached hydrogen (secondary N) is 2. The van der Waals surface area contributed by atoms with E-state index in [0.29, 0.717) is 38.4 Å². The van der Waals surface area contributed by atoms with Crippen molar-refractivity contribution in [3.8, 4) is 0 Å². The van der Waals surface area contributed by atoms with E-state index in [4.69, 9.17) is 5.14 Å². The Balaban J connectivity index is 2.37. The Bertz CT molecular complexity index is 908. The summed E-state index contributed by atoms with van der Waals surface area (Å²) in [6.07, 6.45) is 2.07. The summed E-state index contributed by atoms with van der Waals surface area (Å²) in [6.45, 7) is 3.62. The Morgan fingerprint density at radius 3 is 2.58 bits per heavy atom. The fourth-order valence-corrected chi connectivity index (χ4v) is 4.62. The third kappa shape index (κ3) is 5.13. The van der Waals surface area contributed by atoms with Crippen LogP contribution in [-0.2, 0) is 16.4 Å². The molecule has 0 saturated carbocycles. The fraction of sp³-hybridized carbons (Fsp3) is 0.333. The molecule has 0 aliphatic rings. The number of benzene rings is 1. The number of aliphatic hydroxyl groups excluding tert-OH is 1. The van der Waals surface area contributed by atoms with E-state index in [1.165, 1.54) is 0 Å². The average Bonchev–Trinajstić information content (AvgIpc) is 2.55. The first-order valence-corrected chi connectivity index (χ1v) is 10.8. The van der Waals surface area contributed by atoms with Crippen LogP contribution in [-0.4, -0.2) is 36.1 Å². The number of rotatable bonds is 7. The lowest BCUT2D eigenvalue weighted by atomic mass is 10.1. The summed E-state index contributed by atoms with van der Waals surface area (Å²) in [5, 5.41) is 20.6. The van der Waals surface area contributed by atoms with E-state index >= 15 is 0 Å². The van der Waals surface area contributed by atoms with Crippen molar-refractivity contribution < 1.29 is 13.5 Å². The van der Waals surface area contributed by atoms with E-state index in [1.54, 1.807) is 18.3 Å². The van der Waals surface area contributed by atoms with Crippen LogP contribution >= 0.6 is 31.9 Å². The molecule has 0 bridgehead atoms. The molecule has 8 nitrogen and oxygen atoms in total. The van der Waals surface area contributed by atoms with Crippen molar-refractivity contribution in [3.05, 3.63) is 32.8 Å². The van der Waals surface area contributed by atoms with Gasteiger partial charge in [-0.25, -0.2) is 18.5 Å². The second kappa shape index (κ2) is 8.61. The number of hydrogen-bond acceptors (Lipinski definition) is 7. The zero-order chi connectivity index (χ0) is 19.5. The molecule has 0 spiro atoms. The summed E-state index contributed by atoms with van der Waals surface area (Å²) in [4.78, 5) is 8.63. The Kier molecular flexibility index (Phi) is 6.97. The highest BCUT2D eigenvalue weighted by Gasteiger charge is 2.19. The summed E-state index contributed by atoms with van der Waals surface area (Å²) in [6, 6.07) is 3.12. The first-order valence-electron chi connectivity index (χ1n) is 7.67. The van der Waals surface area contributed by atoms with E-state index in [0.717, 1.165) is 0 Å². The summed E-state index contributed by atoms with van der Waals surface area (Å²) in [5.41, 5.74) is 1.19. The second-order valence-electron chi connectivity index (χ2n) is 5.59. The molecule has 2 aromatic rings. The highest BCUT2D eigenvalue weighted by atomic mass is 79.9. The van der Waals surface area contributed by atoms with Crippen LogP contribution in [0.2, 0.25) is 0 Å². The SMILES string of the molecule is CCc1cc(Nc2ncc(Br)c(N[C@H](C)CO)n2)cc(Br)c1S(N)(=O)=O. The number of sulfonamides is 1. The molecule has 26 heavy (non-hydrogen) atoms. The molecule has 1 atom stereocenters. The van der Waals surface area contributed by atoms with Gasteiger partial charge in [-0.05, 0) is 62.9 Å². The van der Waals surface area contributed by atoms with Crippen molar-refractivity contribution in [2.45, 2.75) is 31.2 Å². The van der Waals surface area contributed by atoms with Gasteiger partial charge in [-0.2, -0.15) is 4.98 Å². The molecule has 0 unspecified atom stereocenters. The molecule has 5 N–H and O–H groups in total. The monoisotopic (exact) mass is 507 g/mol. The van der Waals surface area contributed by atoms with Gasteiger partial charge in [0.1, 0.15) is 5.82 Å². The van der Waals surface area contributed by atoms with Crippen molar-refractivity contribution in [1.82, 2.24) is 9.97 Å². The summed E-state index contributed by atoms with van der Waals surface area (Å²) >= 11 is 6.62.